The largest absolute Gasteiger partial charge is 0.508 e. The van der Waals surface area contributed by atoms with Crippen LogP contribution in [0.15, 0.2) is 18.2 Å². The van der Waals surface area contributed by atoms with Crippen molar-refractivity contribution in [2.24, 2.45) is 0 Å². The second-order valence-corrected chi connectivity index (χ2v) is 4.22. The summed E-state index contributed by atoms with van der Waals surface area (Å²) < 4.78 is 0. The van der Waals surface area contributed by atoms with E-state index in [4.69, 9.17) is 5.11 Å². The van der Waals surface area contributed by atoms with Crippen molar-refractivity contribution in [3.05, 3.63) is 29.3 Å². The van der Waals surface area contributed by atoms with Crippen LogP contribution in [-0.2, 0) is 6.61 Å². The molecule has 0 amide bonds. The van der Waals surface area contributed by atoms with Gasteiger partial charge in [-0.15, -0.1) is 0 Å². The third-order valence-electron chi connectivity index (χ3n) is 2.39. The summed E-state index contributed by atoms with van der Waals surface area (Å²) >= 11 is 3.40. The smallest absolute Gasteiger partial charge is 0.121 e. The Kier molecular flexibility index (Phi) is 4.42. The monoisotopic (exact) mass is 258 g/mol. The van der Waals surface area contributed by atoms with Gasteiger partial charge >= 0.3 is 0 Å². The molecule has 14 heavy (non-hydrogen) atoms. The number of benzene rings is 1. The first-order chi connectivity index (χ1) is 6.69. The molecule has 0 saturated heterocycles. The van der Waals surface area contributed by atoms with E-state index in [1.165, 1.54) is 0 Å². The summed E-state index contributed by atoms with van der Waals surface area (Å²) in [5, 5.41) is 19.3. The number of aromatic hydroxyl groups is 1. The van der Waals surface area contributed by atoms with Gasteiger partial charge in [0.05, 0.1) is 6.61 Å². The molecule has 0 aromatic heterocycles. The molecule has 1 aromatic rings. The second-order valence-electron chi connectivity index (χ2n) is 3.42. The standard InChI is InChI=1S/C11H15BrO2/c1-8(4-5-12)9-2-3-11(14)10(6-9)7-13/h2-3,6,8,13-14H,4-5,7H2,1H3. The maximum Gasteiger partial charge on any atom is 0.121 e. The van der Waals surface area contributed by atoms with Gasteiger partial charge in [0.25, 0.3) is 0 Å². The Morgan fingerprint density at radius 2 is 2.14 bits per heavy atom. The molecule has 78 valence electrons. The van der Waals surface area contributed by atoms with Crippen molar-refractivity contribution in [1.29, 1.82) is 0 Å². The number of aliphatic hydroxyl groups is 1. The van der Waals surface area contributed by atoms with Gasteiger partial charge in [0.15, 0.2) is 0 Å². The number of hydrogen-bond donors (Lipinski definition) is 2. The van der Waals surface area contributed by atoms with Gasteiger partial charge in [-0.1, -0.05) is 28.9 Å². The van der Waals surface area contributed by atoms with Gasteiger partial charge in [-0.2, -0.15) is 0 Å². The molecule has 0 fully saturated rings. The summed E-state index contributed by atoms with van der Waals surface area (Å²) in [4.78, 5) is 0. The van der Waals surface area contributed by atoms with Gasteiger partial charge in [0.1, 0.15) is 5.75 Å². The number of halogens is 1. The Morgan fingerprint density at radius 3 is 2.71 bits per heavy atom. The topological polar surface area (TPSA) is 40.5 Å². The van der Waals surface area contributed by atoms with Crippen LogP contribution in [0.3, 0.4) is 0 Å². The lowest BCUT2D eigenvalue weighted by Crippen LogP contribution is -1.96. The van der Waals surface area contributed by atoms with E-state index in [1.54, 1.807) is 6.07 Å². The first kappa shape index (κ1) is 11.5. The Morgan fingerprint density at radius 1 is 1.43 bits per heavy atom. The van der Waals surface area contributed by atoms with Crippen LogP contribution < -0.4 is 0 Å². The highest BCUT2D eigenvalue weighted by Crippen LogP contribution is 2.25. The summed E-state index contributed by atoms with van der Waals surface area (Å²) in [6, 6.07) is 5.41. The predicted octanol–water partition coefficient (Wildman–Crippen LogP) is 2.77. The fourth-order valence-electron chi connectivity index (χ4n) is 1.37. The number of alkyl halides is 1. The fraction of sp³-hybridized carbons (Fsp3) is 0.455. The molecule has 0 saturated carbocycles. The third-order valence-corrected chi connectivity index (χ3v) is 2.84. The zero-order chi connectivity index (χ0) is 10.6. The Balaban J connectivity index is 2.88. The molecule has 0 radical (unpaired) electrons. The van der Waals surface area contributed by atoms with E-state index in [0.717, 1.165) is 17.3 Å². The number of aliphatic hydroxyl groups excluding tert-OH is 1. The molecular weight excluding hydrogens is 244 g/mol. The van der Waals surface area contributed by atoms with E-state index < -0.39 is 0 Å². The minimum Gasteiger partial charge on any atom is -0.508 e. The quantitative estimate of drug-likeness (QED) is 0.816. The van der Waals surface area contributed by atoms with E-state index in [1.807, 2.05) is 12.1 Å². The van der Waals surface area contributed by atoms with Gasteiger partial charge < -0.3 is 10.2 Å². The van der Waals surface area contributed by atoms with Gasteiger partial charge in [-0.05, 0) is 30.0 Å². The zero-order valence-corrected chi connectivity index (χ0v) is 9.79. The van der Waals surface area contributed by atoms with Crippen LogP contribution in [0.25, 0.3) is 0 Å². The highest BCUT2D eigenvalue weighted by molar-refractivity contribution is 9.09. The molecule has 0 aliphatic rings. The van der Waals surface area contributed by atoms with E-state index >= 15 is 0 Å². The van der Waals surface area contributed by atoms with Gasteiger partial charge in [-0.25, -0.2) is 0 Å². The maximum atomic E-state index is 9.38. The molecule has 1 unspecified atom stereocenters. The van der Waals surface area contributed by atoms with Gasteiger partial charge in [0, 0.05) is 10.9 Å². The van der Waals surface area contributed by atoms with E-state index in [-0.39, 0.29) is 12.4 Å². The van der Waals surface area contributed by atoms with Crippen molar-refractivity contribution in [2.75, 3.05) is 5.33 Å². The molecule has 0 spiro atoms. The van der Waals surface area contributed by atoms with Gasteiger partial charge in [0.2, 0.25) is 0 Å². The van der Waals surface area contributed by atoms with Crippen molar-refractivity contribution in [3.63, 3.8) is 0 Å². The van der Waals surface area contributed by atoms with Crippen LogP contribution in [0.1, 0.15) is 30.4 Å². The SMILES string of the molecule is CC(CCBr)c1ccc(O)c(CO)c1. The van der Waals surface area contributed by atoms with E-state index in [9.17, 15) is 5.11 Å². The summed E-state index contributed by atoms with van der Waals surface area (Å²) in [6.45, 7) is 2.02. The maximum absolute atomic E-state index is 9.38. The number of phenols is 1. The second kappa shape index (κ2) is 5.37. The molecule has 2 nitrogen and oxygen atoms in total. The third kappa shape index (κ3) is 2.72. The van der Waals surface area contributed by atoms with E-state index in [0.29, 0.717) is 11.5 Å². The fourth-order valence-corrected chi connectivity index (χ4v) is 2.06. The highest BCUT2D eigenvalue weighted by Gasteiger charge is 2.07. The number of hydrogen-bond acceptors (Lipinski definition) is 2. The zero-order valence-electron chi connectivity index (χ0n) is 8.20. The molecule has 1 rings (SSSR count). The lowest BCUT2D eigenvalue weighted by molar-refractivity contribution is 0.275. The predicted molar refractivity (Wildman–Crippen MR) is 60.9 cm³/mol. The Labute approximate surface area is 92.7 Å². The minimum atomic E-state index is -0.110. The molecule has 1 aromatic carbocycles. The van der Waals surface area contributed by atoms with Crippen molar-refractivity contribution in [2.45, 2.75) is 25.9 Å². The van der Waals surface area contributed by atoms with Crippen LogP contribution >= 0.6 is 15.9 Å². The molecule has 0 aliphatic heterocycles. The summed E-state index contributed by atoms with van der Waals surface area (Å²) in [6.07, 6.45) is 1.05. The highest BCUT2D eigenvalue weighted by atomic mass is 79.9. The normalized spacial score (nSPS) is 12.8. The molecule has 2 N–H and O–H groups in total. The van der Waals surface area contributed by atoms with Crippen molar-refractivity contribution >= 4 is 15.9 Å². The van der Waals surface area contributed by atoms with Crippen LogP contribution in [0.2, 0.25) is 0 Å². The van der Waals surface area contributed by atoms with Crippen LogP contribution in [0, 0.1) is 0 Å². The Hall–Kier alpha value is -0.540. The van der Waals surface area contributed by atoms with Crippen molar-refractivity contribution in [3.8, 4) is 5.75 Å². The summed E-state index contributed by atoms with van der Waals surface area (Å²) in [5.41, 5.74) is 1.76. The first-order valence-corrected chi connectivity index (χ1v) is 5.79. The van der Waals surface area contributed by atoms with Crippen LogP contribution in [0.5, 0.6) is 5.75 Å². The average molecular weight is 259 g/mol. The minimum absolute atomic E-state index is 0.110. The summed E-state index contributed by atoms with van der Waals surface area (Å²) in [5.74, 6) is 0.613. The number of rotatable bonds is 4. The van der Waals surface area contributed by atoms with Crippen LogP contribution in [-0.4, -0.2) is 15.5 Å². The molecular formula is C11H15BrO2. The Bertz CT molecular complexity index is 299. The molecule has 3 heteroatoms. The first-order valence-electron chi connectivity index (χ1n) is 4.67. The van der Waals surface area contributed by atoms with Crippen LogP contribution in [0.4, 0.5) is 0 Å². The van der Waals surface area contributed by atoms with Crippen molar-refractivity contribution < 1.29 is 10.2 Å². The molecule has 0 aliphatic carbocycles. The molecule has 0 heterocycles. The lowest BCUT2D eigenvalue weighted by atomic mass is 9.97. The van der Waals surface area contributed by atoms with E-state index in [2.05, 4.69) is 22.9 Å². The average Bonchev–Trinajstić information content (AvgIpc) is 2.19. The molecule has 0 bridgehead atoms. The lowest BCUT2D eigenvalue weighted by Gasteiger charge is -2.11. The van der Waals surface area contributed by atoms with Crippen molar-refractivity contribution in [1.82, 2.24) is 0 Å². The summed E-state index contributed by atoms with van der Waals surface area (Å²) in [7, 11) is 0. The molecule has 1 atom stereocenters. The van der Waals surface area contributed by atoms with Gasteiger partial charge in [-0.3, -0.25) is 0 Å².